The van der Waals surface area contributed by atoms with E-state index in [1.54, 1.807) is 0 Å². The average Bonchev–Trinajstić information content (AvgIpc) is 2.47. The summed E-state index contributed by atoms with van der Waals surface area (Å²) in [5.41, 5.74) is 0.681. The van der Waals surface area contributed by atoms with Gasteiger partial charge in [-0.15, -0.1) is 0 Å². The number of benzene rings is 1. The zero-order valence-corrected chi connectivity index (χ0v) is 13.4. The zero-order chi connectivity index (χ0) is 15.7. The van der Waals surface area contributed by atoms with Crippen molar-refractivity contribution >= 4 is 0 Å². The molecule has 0 radical (unpaired) electrons. The third-order valence-electron chi connectivity index (χ3n) is 3.57. The van der Waals surface area contributed by atoms with Gasteiger partial charge in [0.2, 0.25) is 0 Å². The fourth-order valence-electron chi connectivity index (χ4n) is 2.46. The highest BCUT2D eigenvalue weighted by molar-refractivity contribution is 5.33. The first kappa shape index (κ1) is 18.0. The molecule has 0 saturated heterocycles. The van der Waals surface area contributed by atoms with E-state index in [0.717, 1.165) is 30.7 Å². The van der Waals surface area contributed by atoms with Crippen LogP contribution >= 0.6 is 0 Å². The fourth-order valence-corrected chi connectivity index (χ4v) is 2.46. The molecular weight excluding hydrogens is 266 g/mol. The molecule has 0 heterocycles. The topological polar surface area (TPSA) is 61.7 Å². The molecule has 0 spiro atoms. The highest BCUT2D eigenvalue weighted by atomic mass is 16.5. The Morgan fingerprint density at radius 1 is 1.29 bits per heavy atom. The third-order valence-corrected chi connectivity index (χ3v) is 3.57. The van der Waals surface area contributed by atoms with E-state index in [9.17, 15) is 5.11 Å². The molecular formula is C17H29NO3. The highest BCUT2D eigenvalue weighted by Gasteiger charge is 2.26. The second kappa shape index (κ2) is 9.03. The van der Waals surface area contributed by atoms with Crippen molar-refractivity contribution in [1.29, 1.82) is 0 Å². The maximum absolute atomic E-state index is 9.61. The summed E-state index contributed by atoms with van der Waals surface area (Å²) in [5, 5.41) is 22.1. The molecule has 21 heavy (non-hydrogen) atoms. The van der Waals surface area contributed by atoms with Crippen molar-refractivity contribution in [2.24, 2.45) is 0 Å². The van der Waals surface area contributed by atoms with Crippen LogP contribution in [0.4, 0.5) is 0 Å². The van der Waals surface area contributed by atoms with Gasteiger partial charge in [-0.2, -0.15) is 0 Å². The monoisotopic (exact) mass is 295 g/mol. The normalized spacial score (nSPS) is 15.5. The minimum atomic E-state index is -0.332. The van der Waals surface area contributed by atoms with Crippen molar-refractivity contribution < 1.29 is 14.9 Å². The lowest BCUT2D eigenvalue weighted by molar-refractivity contribution is 0.109. The highest BCUT2D eigenvalue weighted by Crippen LogP contribution is 2.22. The minimum absolute atomic E-state index is 0.0219. The van der Waals surface area contributed by atoms with E-state index in [2.05, 4.69) is 12.2 Å². The predicted molar refractivity (Wildman–Crippen MR) is 85.7 cm³/mol. The minimum Gasteiger partial charge on any atom is -0.490 e. The van der Waals surface area contributed by atoms with Crippen LogP contribution in [0.25, 0.3) is 0 Å². The molecule has 0 aliphatic carbocycles. The van der Waals surface area contributed by atoms with Crippen molar-refractivity contribution in [3.05, 3.63) is 29.8 Å². The zero-order valence-electron chi connectivity index (χ0n) is 13.4. The Kier molecular flexibility index (Phi) is 7.72. The summed E-state index contributed by atoms with van der Waals surface area (Å²) in [5.74, 6) is 0.815. The number of nitrogens with one attached hydrogen (secondary N) is 1. The second-order valence-corrected chi connectivity index (χ2v) is 5.86. The van der Waals surface area contributed by atoms with Crippen LogP contribution in [0, 0.1) is 0 Å². The Hall–Kier alpha value is -1.10. The quantitative estimate of drug-likeness (QED) is 0.619. The van der Waals surface area contributed by atoms with Gasteiger partial charge in [0.25, 0.3) is 0 Å². The smallest absolute Gasteiger partial charge is 0.122 e. The van der Waals surface area contributed by atoms with Gasteiger partial charge in [0.15, 0.2) is 0 Å². The molecule has 0 bridgehead atoms. The fraction of sp³-hybridized carbons (Fsp3) is 0.647. The molecule has 0 aliphatic rings. The number of hydrogen-bond acceptors (Lipinski definition) is 4. The van der Waals surface area contributed by atoms with E-state index in [1.165, 1.54) is 0 Å². The molecule has 2 unspecified atom stereocenters. The largest absolute Gasteiger partial charge is 0.490 e. The molecule has 2 atom stereocenters. The predicted octanol–water partition coefficient (Wildman–Crippen LogP) is 2.13. The molecule has 0 amide bonds. The van der Waals surface area contributed by atoms with Crippen LogP contribution in [0.1, 0.15) is 39.2 Å². The standard InChI is InChI=1S/C17H29NO3/c1-4-10-18-17(3,13-20)12-14(2)21-16-8-6-5-7-15(16)9-11-19/h5-8,14,18-20H,4,9-13H2,1-3H3. The maximum Gasteiger partial charge on any atom is 0.122 e. The SMILES string of the molecule is CCCNC(C)(CO)CC(C)Oc1ccccc1CCO. The van der Waals surface area contributed by atoms with Crippen LogP contribution in [0.2, 0.25) is 0 Å². The Balaban J connectivity index is 2.65. The average molecular weight is 295 g/mol. The summed E-state index contributed by atoms with van der Waals surface area (Å²) in [4.78, 5) is 0. The van der Waals surface area contributed by atoms with Gasteiger partial charge in [-0.3, -0.25) is 0 Å². The molecule has 0 saturated carbocycles. The van der Waals surface area contributed by atoms with Crippen LogP contribution in [0.5, 0.6) is 5.75 Å². The Morgan fingerprint density at radius 2 is 2.00 bits per heavy atom. The van der Waals surface area contributed by atoms with Gasteiger partial charge >= 0.3 is 0 Å². The lowest BCUT2D eigenvalue weighted by Crippen LogP contribution is -2.48. The maximum atomic E-state index is 9.61. The number of aliphatic hydroxyl groups excluding tert-OH is 2. The number of ether oxygens (including phenoxy) is 1. The molecule has 1 aromatic rings. The summed E-state index contributed by atoms with van der Waals surface area (Å²) >= 11 is 0. The number of aliphatic hydroxyl groups is 2. The molecule has 0 aliphatic heterocycles. The van der Waals surface area contributed by atoms with Crippen LogP contribution in [0.3, 0.4) is 0 Å². The summed E-state index contributed by atoms with van der Waals surface area (Å²) in [6.07, 6.45) is 2.32. The molecule has 0 aromatic heterocycles. The lowest BCUT2D eigenvalue weighted by atomic mass is 9.95. The van der Waals surface area contributed by atoms with Gasteiger partial charge in [0.1, 0.15) is 5.75 Å². The van der Waals surface area contributed by atoms with Gasteiger partial charge in [-0.25, -0.2) is 0 Å². The molecule has 1 rings (SSSR count). The Bertz CT molecular complexity index is 411. The molecule has 120 valence electrons. The van der Waals surface area contributed by atoms with Crippen molar-refractivity contribution in [2.75, 3.05) is 19.8 Å². The second-order valence-electron chi connectivity index (χ2n) is 5.86. The van der Waals surface area contributed by atoms with Crippen LogP contribution in [-0.4, -0.2) is 41.6 Å². The Morgan fingerprint density at radius 3 is 2.62 bits per heavy atom. The van der Waals surface area contributed by atoms with Crippen molar-refractivity contribution in [3.8, 4) is 5.75 Å². The van der Waals surface area contributed by atoms with Gasteiger partial charge in [0, 0.05) is 18.6 Å². The van der Waals surface area contributed by atoms with Gasteiger partial charge in [0.05, 0.1) is 12.7 Å². The molecule has 1 aromatic carbocycles. The first-order valence-electron chi connectivity index (χ1n) is 7.76. The molecule has 4 nitrogen and oxygen atoms in total. The lowest BCUT2D eigenvalue weighted by Gasteiger charge is -2.32. The van der Waals surface area contributed by atoms with Crippen LogP contribution in [-0.2, 0) is 6.42 Å². The van der Waals surface area contributed by atoms with E-state index in [1.807, 2.05) is 38.1 Å². The van der Waals surface area contributed by atoms with Crippen molar-refractivity contribution in [2.45, 2.75) is 51.7 Å². The third kappa shape index (κ3) is 6.04. The van der Waals surface area contributed by atoms with Crippen LogP contribution < -0.4 is 10.1 Å². The van der Waals surface area contributed by atoms with Crippen molar-refractivity contribution in [3.63, 3.8) is 0 Å². The summed E-state index contributed by atoms with van der Waals surface area (Å²) in [6, 6.07) is 7.78. The first-order valence-corrected chi connectivity index (χ1v) is 7.76. The van der Waals surface area contributed by atoms with E-state index < -0.39 is 0 Å². The summed E-state index contributed by atoms with van der Waals surface area (Å²) < 4.78 is 6.01. The molecule has 3 N–H and O–H groups in total. The van der Waals surface area contributed by atoms with E-state index in [0.29, 0.717) is 6.42 Å². The number of rotatable bonds is 10. The Labute approximate surface area is 128 Å². The summed E-state index contributed by atoms with van der Waals surface area (Å²) in [6.45, 7) is 7.21. The molecule has 4 heteroatoms. The summed E-state index contributed by atoms with van der Waals surface area (Å²) in [7, 11) is 0. The van der Waals surface area contributed by atoms with E-state index in [-0.39, 0.29) is 24.9 Å². The van der Waals surface area contributed by atoms with Crippen LogP contribution in [0.15, 0.2) is 24.3 Å². The molecule has 0 fully saturated rings. The van der Waals surface area contributed by atoms with Gasteiger partial charge in [-0.05, 0) is 44.9 Å². The first-order chi connectivity index (χ1) is 10.0. The van der Waals surface area contributed by atoms with E-state index >= 15 is 0 Å². The number of hydrogen-bond donors (Lipinski definition) is 3. The van der Waals surface area contributed by atoms with Gasteiger partial charge in [-0.1, -0.05) is 25.1 Å². The number of para-hydroxylation sites is 1. The van der Waals surface area contributed by atoms with Gasteiger partial charge < -0.3 is 20.3 Å². The van der Waals surface area contributed by atoms with Crippen molar-refractivity contribution in [1.82, 2.24) is 5.32 Å². The van der Waals surface area contributed by atoms with E-state index in [4.69, 9.17) is 9.84 Å².